The minimum Gasteiger partial charge on any atom is -0.493 e. The lowest BCUT2D eigenvalue weighted by molar-refractivity contribution is 0.138. The summed E-state index contributed by atoms with van der Waals surface area (Å²) in [5, 5.41) is 0. The Hall–Kier alpha value is -4.48. The molecule has 0 aliphatic carbocycles. The van der Waals surface area contributed by atoms with Crippen molar-refractivity contribution in [2.24, 2.45) is 0 Å². The lowest BCUT2D eigenvalue weighted by Crippen LogP contribution is -2.42. The van der Waals surface area contributed by atoms with E-state index in [-0.39, 0.29) is 12.1 Å². The van der Waals surface area contributed by atoms with Crippen LogP contribution in [0.2, 0.25) is 0 Å². The van der Waals surface area contributed by atoms with E-state index in [1.807, 2.05) is 6.07 Å². The van der Waals surface area contributed by atoms with Crippen LogP contribution < -0.4 is 28.4 Å². The van der Waals surface area contributed by atoms with Crippen LogP contribution in [0.4, 0.5) is 0 Å². The van der Waals surface area contributed by atoms with Crippen molar-refractivity contribution in [2.75, 3.05) is 82.8 Å². The summed E-state index contributed by atoms with van der Waals surface area (Å²) in [5.74, 6) is 5.61. The highest BCUT2D eigenvalue weighted by atomic mass is 16.5. The molecule has 10 heteroatoms. The molecule has 6 bridgehead atoms. The maximum Gasteiger partial charge on any atom is 0.204 e. The highest BCUT2D eigenvalue weighted by Gasteiger charge is 2.38. The summed E-state index contributed by atoms with van der Waals surface area (Å²) >= 11 is 0. The minimum absolute atomic E-state index is 0.0336. The predicted molar refractivity (Wildman–Crippen MR) is 220 cm³/mol. The van der Waals surface area contributed by atoms with Gasteiger partial charge < -0.3 is 33.3 Å². The van der Waals surface area contributed by atoms with E-state index in [1.54, 1.807) is 28.4 Å². The van der Waals surface area contributed by atoms with Crippen molar-refractivity contribution in [2.45, 2.75) is 63.2 Å². The van der Waals surface area contributed by atoms with Crippen molar-refractivity contribution < 1.29 is 28.4 Å². The third-order valence-corrected chi connectivity index (χ3v) is 12.8. The van der Waals surface area contributed by atoms with Crippen LogP contribution in [0.25, 0.3) is 0 Å². The number of piperidine rings is 1. The molecular weight excluding hydrogens is 705 g/mol. The van der Waals surface area contributed by atoms with E-state index in [4.69, 9.17) is 28.4 Å². The Labute approximate surface area is 332 Å². The second-order valence-corrected chi connectivity index (χ2v) is 16.2. The first-order valence-electron chi connectivity index (χ1n) is 20.1. The molecule has 0 aromatic heterocycles. The van der Waals surface area contributed by atoms with Gasteiger partial charge in [0, 0.05) is 48.9 Å². The Kier molecular flexibility index (Phi) is 11.1. The summed E-state index contributed by atoms with van der Waals surface area (Å²) < 4.78 is 38.6. The molecule has 1 saturated heterocycles. The van der Waals surface area contributed by atoms with Gasteiger partial charge in [-0.15, -0.1) is 0 Å². The second kappa shape index (κ2) is 16.2. The average molecular weight is 763 g/mol. The van der Waals surface area contributed by atoms with Crippen molar-refractivity contribution in [3.63, 3.8) is 0 Å². The summed E-state index contributed by atoms with van der Waals surface area (Å²) in [6.07, 6.45) is 5.64. The van der Waals surface area contributed by atoms with Crippen molar-refractivity contribution in [1.82, 2.24) is 19.6 Å². The number of likely N-dealkylation sites (tertiary alicyclic amines) is 1. The molecular formula is C46H58N4O6. The molecule has 0 amide bonds. The molecule has 4 aromatic carbocycles. The monoisotopic (exact) mass is 762 g/mol. The van der Waals surface area contributed by atoms with Crippen molar-refractivity contribution >= 4 is 0 Å². The zero-order chi connectivity index (χ0) is 39.1. The third kappa shape index (κ3) is 7.28. The van der Waals surface area contributed by atoms with E-state index in [9.17, 15) is 0 Å². The standard InChI is InChI=1S/C46H58N4O6/c1-47(2)32-16-21-50(22-17-32)28-36-34-18-20-49(4)38-24-30-11-14-39(51-5)41(25-30)55-33-12-9-29(10-13-33)23-37-35-27-42(40(52-6)26-31(35)15-19-48(37)3)56-45(43(34)38)46(54-8)44(36)53-7/h9-14,25-27,32,37-38H,15-24,28H2,1-8H3. The SMILES string of the molecule is COc1ccc2cc1Oc1ccc(cc1)CC1c3cc(c(OC)cc3CCN1C)Oc1c(OC)c(OC)c(CN3CCC(N(C)C)CC3)c3c1C(C2)N(C)CC3. The maximum atomic E-state index is 7.30. The Balaban J connectivity index is 1.34. The number of nitrogens with zero attached hydrogens (tertiary/aromatic N) is 4. The van der Waals surface area contributed by atoms with Gasteiger partial charge in [-0.2, -0.15) is 0 Å². The quantitative estimate of drug-likeness (QED) is 0.187. The van der Waals surface area contributed by atoms with E-state index < -0.39 is 0 Å². The molecule has 2 atom stereocenters. The van der Waals surface area contributed by atoms with Crippen LogP contribution in [0.15, 0.2) is 54.6 Å². The Morgan fingerprint density at radius 1 is 0.679 bits per heavy atom. The Morgan fingerprint density at radius 3 is 2.04 bits per heavy atom. The van der Waals surface area contributed by atoms with Crippen LogP contribution in [0.1, 0.15) is 63.9 Å². The first-order chi connectivity index (χ1) is 27.2. The second-order valence-electron chi connectivity index (χ2n) is 16.2. The molecule has 10 nitrogen and oxygen atoms in total. The van der Waals surface area contributed by atoms with E-state index in [2.05, 4.69) is 96.3 Å². The molecule has 5 heterocycles. The Bertz CT molecular complexity index is 2040. The zero-order valence-corrected chi connectivity index (χ0v) is 34.4. The van der Waals surface area contributed by atoms with Crippen molar-refractivity contribution in [3.8, 4) is 46.0 Å². The molecule has 56 heavy (non-hydrogen) atoms. The summed E-state index contributed by atoms with van der Waals surface area (Å²) in [6, 6.07) is 19.9. The fraction of sp³-hybridized carbons (Fsp3) is 0.478. The fourth-order valence-electron chi connectivity index (χ4n) is 9.49. The molecule has 298 valence electrons. The smallest absolute Gasteiger partial charge is 0.204 e. The molecule has 1 fully saturated rings. The van der Waals surface area contributed by atoms with Crippen LogP contribution in [0.3, 0.4) is 0 Å². The van der Waals surface area contributed by atoms with Gasteiger partial charge in [0.15, 0.2) is 34.5 Å². The van der Waals surface area contributed by atoms with Gasteiger partial charge in [-0.1, -0.05) is 18.2 Å². The summed E-state index contributed by atoms with van der Waals surface area (Å²) in [7, 11) is 15.7. The third-order valence-electron chi connectivity index (χ3n) is 12.8. The Morgan fingerprint density at radius 2 is 1.34 bits per heavy atom. The normalized spacial score (nSPS) is 20.4. The zero-order valence-electron chi connectivity index (χ0n) is 34.4. The van der Waals surface area contributed by atoms with Crippen molar-refractivity contribution in [1.29, 1.82) is 0 Å². The number of benzene rings is 4. The van der Waals surface area contributed by atoms with Gasteiger partial charge in [0.25, 0.3) is 0 Å². The van der Waals surface area contributed by atoms with Gasteiger partial charge in [-0.25, -0.2) is 0 Å². The van der Waals surface area contributed by atoms with E-state index in [0.29, 0.717) is 40.5 Å². The number of hydrogen-bond acceptors (Lipinski definition) is 10. The molecule has 0 saturated carbocycles. The summed E-state index contributed by atoms with van der Waals surface area (Å²) in [6.45, 7) is 4.70. The maximum absolute atomic E-state index is 7.30. The first kappa shape index (κ1) is 38.4. The number of rotatable bonds is 7. The van der Waals surface area contributed by atoms with E-state index in [1.165, 1.54) is 27.8 Å². The molecule has 0 N–H and O–H groups in total. The number of ether oxygens (including phenoxy) is 6. The number of likely N-dealkylation sites (N-methyl/N-ethyl adjacent to an activating group) is 2. The molecule has 0 spiro atoms. The van der Waals surface area contributed by atoms with E-state index in [0.717, 1.165) is 93.9 Å². The topological polar surface area (TPSA) is 68.3 Å². The highest BCUT2D eigenvalue weighted by molar-refractivity contribution is 5.67. The number of fused-ring (bicyclic) bond motifs is 2. The average Bonchev–Trinajstić information content (AvgIpc) is 3.21. The molecule has 5 aliphatic rings. The van der Waals surface area contributed by atoms with Crippen LogP contribution >= 0.6 is 0 Å². The lowest BCUT2D eigenvalue weighted by Gasteiger charge is -2.40. The summed E-state index contributed by atoms with van der Waals surface area (Å²) in [4.78, 5) is 9.84. The van der Waals surface area contributed by atoms with Crippen LogP contribution in [0.5, 0.6) is 46.0 Å². The first-order valence-corrected chi connectivity index (χ1v) is 20.1. The van der Waals surface area contributed by atoms with Gasteiger partial charge in [0.05, 0.1) is 28.4 Å². The van der Waals surface area contributed by atoms with Crippen LogP contribution in [-0.4, -0.2) is 108 Å². The molecule has 0 radical (unpaired) electrons. The van der Waals surface area contributed by atoms with Crippen LogP contribution in [0, 0.1) is 0 Å². The van der Waals surface area contributed by atoms with Gasteiger partial charge >= 0.3 is 0 Å². The largest absolute Gasteiger partial charge is 0.493 e. The fourth-order valence-corrected chi connectivity index (χ4v) is 9.49. The summed E-state index contributed by atoms with van der Waals surface area (Å²) in [5.41, 5.74) is 8.51. The molecule has 2 unspecified atom stereocenters. The molecule has 4 aromatic rings. The van der Waals surface area contributed by atoms with Gasteiger partial charge in [0.2, 0.25) is 5.75 Å². The molecule has 9 rings (SSSR count). The van der Waals surface area contributed by atoms with Gasteiger partial charge in [-0.05, 0) is 144 Å². The highest BCUT2D eigenvalue weighted by Crippen LogP contribution is 2.54. The van der Waals surface area contributed by atoms with E-state index >= 15 is 0 Å². The van der Waals surface area contributed by atoms with Crippen molar-refractivity contribution in [3.05, 3.63) is 93.5 Å². The number of methoxy groups -OCH3 is 4. The minimum atomic E-state index is -0.0336. The van der Waals surface area contributed by atoms with Gasteiger partial charge in [0.1, 0.15) is 5.75 Å². The lowest BCUT2D eigenvalue weighted by atomic mass is 9.84. The number of hydrogen-bond donors (Lipinski definition) is 0. The predicted octanol–water partition coefficient (Wildman–Crippen LogP) is 7.69. The molecule has 5 aliphatic heterocycles. The van der Waals surface area contributed by atoms with Gasteiger partial charge in [-0.3, -0.25) is 14.7 Å². The van der Waals surface area contributed by atoms with Crippen LogP contribution in [-0.2, 0) is 32.2 Å².